The highest BCUT2D eigenvalue weighted by molar-refractivity contribution is 6.62. The number of nitriles is 1. The lowest BCUT2D eigenvalue weighted by atomic mass is 9.77. The monoisotopic (exact) mass is 301 g/mol. The van der Waals surface area contributed by atoms with E-state index in [0.717, 1.165) is 5.46 Å². The Bertz CT molecular complexity index is 618. The van der Waals surface area contributed by atoms with Crippen LogP contribution in [0.15, 0.2) is 18.2 Å². The first-order valence-electron chi connectivity index (χ1n) is 7.15. The molecule has 0 aromatic heterocycles. The lowest BCUT2D eigenvalue weighted by Gasteiger charge is -2.32. The summed E-state index contributed by atoms with van der Waals surface area (Å²) in [6.07, 6.45) is 0.147. The van der Waals surface area contributed by atoms with Gasteiger partial charge in [0.25, 0.3) is 0 Å². The zero-order chi connectivity index (χ0) is 16.5. The molecular formula is C16H20BNO4. The van der Waals surface area contributed by atoms with Crippen molar-refractivity contribution < 1.29 is 18.8 Å². The second kappa shape index (κ2) is 5.75. The van der Waals surface area contributed by atoms with Crippen LogP contribution in [0.2, 0.25) is 0 Å². The molecule has 0 unspecified atom stereocenters. The van der Waals surface area contributed by atoms with Gasteiger partial charge in [-0.15, -0.1) is 0 Å². The lowest BCUT2D eigenvalue weighted by Crippen LogP contribution is -2.41. The van der Waals surface area contributed by atoms with Crippen LogP contribution in [0.3, 0.4) is 0 Å². The zero-order valence-electron chi connectivity index (χ0n) is 13.6. The number of benzene rings is 1. The summed E-state index contributed by atoms with van der Waals surface area (Å²) in [5.74, 6) is -0.469. The third-order valence-electron chi connectivity index (χ3n) is 4.33. The fraction of sp³-hybridized carbons (Fsp3) is 0.500. The highest BCUT2D eigenvalue weighted by Gasteiger charge is 2.51. The number of carbonyl (C=O) groups excluding carboxylic acids is 1. The van der Waals surface area contributed by atoms with Gasteiger partial charge in [0.15, 0.2) is 0 Å². The Morgan fingerprint density at radius 3 is 2.36 bits per heavy atom. The Labute approximate surface area is 131 Å². The van der Waals surface area contributed by atoms with E-state index in [9.17, 15) is 4.79 Å². The van der Waals surface area contributed by atoms with Crippen molar-refractivity contribution in [2.24, 2.45) is 0 Å². The van der Waals surface area contributed by atoms with Crippen LogP contribution in [0, 0.1) is 11.3 Å². The molecule has 1 aromatic carbocycles. The second-order valence-corrected chi connectivity index (χ2v) is 6.33. The number of nitrogens with zero attached hydrogens (tertiary/aromatic N) is 1. The Kier molecular flexibility index (Phi) is 4.32. The Morgan fingerprint density at radius 1 is 1.27 bits per heavy atom. The van der Waals surface area contributed by atoms with Gasteiger partial charge in [0, 0.05) is 0 Å². The van der Waals surface area contributed by atoms with Gasteiger partial charge in [-0.05, 0) is 44.8 Å². The first-order valence-corrected chi connectivity index (χ1v) is 7.15. The molecule has 1 saturated heterocycles. The molecule has 1 aliphatic rings. The first-order chi connectivity index (χ1) is 10.2. The highest BCUT2D eigenvalue weighted by Crippen LogP contribution is 2.36. The van der Waals surface area contributed by atoms with Gasteiger partial charge in [-0.2, -0.15) is 5.26 Å². The van der Waals surface area contributed by atoms with Crippen molar-refractivity contribution >= 4 is 18.6 Å². The van der Waals surface area contributed by atoms with E-state index in [2.05, 4.69) is 0 Å². The standard InChI is InChI=1S/C16H20BNO4/c1-15(2)16(3,4)22-17(21-15)12-7-6-11(8-9-18)13(10-12)14(19)20-5/h6-7,10H,8H2,1-5H3. The molecule has 0 N–H and O–H groups in total. The largest absolute Gasteiger partial charge is 0.494 e. The van der Waals surface area contributed by atoms with E-state index in [0.29, 0.717) is 11.1 Å². The van der Waals surface area contributed by atoms with Crippen LogP contribution >= 0.6 is 0 Å². The summed E-state index contributed by atoms with van der Waals surface area (Å²) >= 11 is 0. The van der Waals surface area contributed by atoms with E-state index < -0.39 is 24.3 Å². The van der Waals surface area contributed by atoms with E-state index in [4.69, 9.17) is 19.3 Å². The number of hydrogen-bond acceptors (Lipinski definition) is 5. The van der Waals surface area contributed by atoms with Crippen molar-refractivity contribution in [1.29, 1.82) is 5.26 Å². The first kappa shape index (κ1) is 16.5. The molecule has 0 radical (unpaired) electrons. The molecular weight excluding hydrogens is 281 g/mol. The van der Waals surface area contributed by atoms with Gasteiger partial charge < -0.3 is 14.0 Å². The minimum absolute atomic E-state index is 0.147. The van der Waals surface area contributed by atoms with Crippen molar-refractivity contribution in [2.75, 3.05) is 7.11 Å². The summed E-state index contributed by atoms with van der Waals surface area (Å²) in [7, 11) is 0.768. The Balaban J connectivity index is 2.38. The number of hydrogen-bond donors (Lipinski definition) is 0. The van der Waals surface area contributed by atoms with Crippen LogP contribution in [0.25, 0.3) is 0 Å². The molecule has 0 amide bonds. The molecule has 1 fully saturated rings. The van der Waals surface area contributed by atoms with Crippen LogP contribution in [-0.4, -0.2) is 31.4 Å². The number of ether oxygens (including phenoxy) is 1. The van der Waals surface area contributed by atoms with Gasteiger partial charge in [0.05, 0.1) is 36.4 Å². The van der Waals surface area contributed by atoms with Gasteiger partial charge in [-0.3, -0.25) is 0 Å². The van der Waals surface area contributed by atoms with Gasteiger partial charge >= 0.3 is 13.1 Å². The number of esters is 1. The van der Waals surface area contributed by atoms with E-state index in [-0.39, 0.29) is 6.42 Å². The Morgan fingerprint density at radius 2 is 1.86 bits per heavy atom. The molecule has 6 heteroatoms. The molecule has 5 nitrogen and oxygen atoms in total. The van der Waals surface area contributed by atoms with Crippen molar-refractivity contribution in [2.45, 2.75) is 45.3 Å². The van der Waals surface area contributed by atoms with Gasteiger partial charge in [0.2, 0.25) is 0 Å². The molecule has 0 saturated carbocycles. The maximum atomic E-state index is 11.9. The number of carbonyl (C=O) groups is 1. The van der Waals surface area contributed by atoms with Crippen molar-refractivity contribution in [3.8, 4) is 6.07 Å². The molecule has 0 aliphatic carbocycles. The van der Waals surface area contributed by atoms with E-state index in [1.54, 1.807) is 12.1 Å². The molecule has 116 valence electrons. The average Bonchev–Trinajstić information content (AvgIpc) is 2.67. The SMILES string of the molecule is COC(=O)c1cc(B2OC(C)(C)C(C)(C)O2)ccc1CC#N. The molecule has 1 heterocycles. The van der Waals surface area contributed by atoms with Crippen molar-refractivity contribution in [3.63, 3.8) is 0 Å². The van der Waals surface area contributed by atoms with Crippen LogP contribution in [0.4, 0.5) is 0 Å². The van der Waals surface area contributed by atoms with Crippen molar-refractivity contribution in [1.82, 2.24) is 0 Å². The fourth-order valence-corrected chi connectivity index (χ4v) is 2.26. The summed E-state index contributed by atoms with van der Waals surface area (Å²) in [5.41, 5.74) is 0.842. The Hall–Kier alpha value is -1.84. The summed E-state index contributed by atoms with van der Waals surface area (Å²) in [6.45, 7) is 7.88. The third kappa shape index (κ3) is 2.87. The average molecular weight is 301 g/mol. The van der Waals surface area contributed by atoms with Gasteiger partial charge in [-0.25, -0.2) is 4.79 Å². The summed E-state index contributed by atoms with van der Waals surface area (Å²) in [6, 6.07) is 7.30. The molecule has 0 spiro atoms. The molecule has 1 aromatic rings. The molecule has 1 aliphatic heterocycles. The predicted octanol–water partition coefficient (Wildman–Crippen LogP) is 1.84. The predicted molar refractivity (Wildman–Crippen MR) is 82.8 cm³/mol. The zero-order valence-corrected chi connectivity index (χ0v) is 13.6. The van der Waals surface area contributed by atoms with Crippen LogP contribution in [0.5, 0.6) is 0 Å². The second-order valence-electron chi connectivity index (χ2n) is 6.33. The maximum absolute atomic E-state index is 11.9. The molecule has 0 atom stereocenters. The number of rotatable bonds is 3. The van der Waals surface area contributed by atoms with Gasteiger partial charge in [0.1, 0.15) is 0 Å². The molecule has 22 heavy (non-hydrogen) atoms. The summed E-state index contributed by atoms with van der Waals surface area (Å²) in [4.78, 5) is 11.9. The molecule has 2 rings (SSSR count). The van der Waals surface area contributed by atoms with Gasteiger partial charge in [-0.1, -0.05) is 12.1 Å². The third-order valence-corrected chi connectivity index (χ3v) is 4.33. The van der Waals surface area contributed by atoms with E-state index in [1.165, 1.54) is 7.11 Å². The van der Waals surface area contributed by atoms with E-state index >= 15 is 0 Å². The van der Waals surface area contributed by atoms with Crippen LogP contribution in [0.1, 0.15) is 43.6 Å². The number of methoxy groups -OCH3 is 1. The fourth-order valence-electron chi connectivity index (χ4n) is 2.26. The lowest BCUT2D eigenvalue weighted by molar-refractivity contribution is 0.00578. The summed E-state index contributed by atoms with van der Waals surface area (Å²) < 4.78 is 16.8. The maximum Gasteiger partial charge on any atom is 0.494 e. The van der Waals surface area contributed by atoms with Crippen LogP contribution in [-0.2, 0) is 20.5 Å². The van der Waals surface area contributed by atoms with Crippen molar-refractivity contribution in [3.05, 3.63) is 29.3 Å². The smallest absolute Gasteiger partial charge is 0.465 e. The molecule has 0 bridgehead atoms. The minimum atomic E-state index is -0.551. The quantitative estimate of drug-likeness (QED) is 0.629. The summed E-state index contributed by atoms with van der Waals surface area (Å²) in [5, 5.41) is 8.87. The minimum Gasteiger partial charge on any atom is -0.465 e. The van der Waals surface area contributed by atoms with E-state index in [1.807, 2.05) is 39.8 Å². The topological polar surface area (TPSA) is 68.6 Å². The highest BCUT2D eigenvalue weighted by atomic mass is 16.7. The van der Waals surface area contributed by atoms with Crippen LogP contribution < -0.4 is 5.46 Å². The normalized spacial score (nSPS) is 18.8.